The second-order valence-electron chi connectivity index (χ2n) is 6.54. The van der Waals surface area contributed by atoms with Gasteiger partial charge in [0.1, 0.15) is 5.82 Å². The first-order valence-corrected chi connectivity index (χ1v) is 10.0. The first-order valence-electron chi connectivity index (χ1n) is 9.05. The van der Waals surface area contributed by atoms with Crippen molar-refractivity contribution in [1.29, 1.82) is 0 Å². The van der Waals surface area contributed by atoms with Crippen LogP contribution in [-0.2, 0) is 21.9 Å². The van der Waals surface area contributed by atoms with Gasteiger partial charge in [0.05, 0.1) is 17.0 Å². The lowest BCUT2D eigenvalue weighted by molar-refractivity contribution is -0.137. The summed E-state index contributed by atoms with van der Waals surface area (Å²) >= 11 is 1.33. The number of thioether (sulfide) groups is 1. The molecule has 0 spiro atoms. The predicted molar refractivity (Wildman–Crippen MR) is 111 cm³/mol. The van der Waals surface area contributed by atoms with Crippen molar-refractivity contribution in [2.45, 2.75) is 12.3 Å². The van der Waals surface area contributed by atoms with Crippen LogP contribution in [0, 0.1) is 5.82 Å². The Kier molecular flexibility index (Phi) is 5.53. The number of carbonyl (C=O) groups excluding carboxylic acids is 2. The molecule has 3 aromatic rings. The van der Waals surface area contributed by atoms with Crippen molar-refractivity contribution in [1.82, 2.24) is 9.88 Å². The highest BCUT2D eigenvalue weighted by Gasteiger charge is 2.39. The number of hydrogen-bond acceptors (Lipinski definition) is 4. The Morgan fingerprint density at radius 1 is 0.862 bits per heavy atom. The van der Waals surface area contributed by atoms with Crippen molar-refractivity contribution in [2.75, 3.05) is 0 Å². The highest BCUT2D eigenvalue weighted by Crippen LogP contribution is 2.38. The molecule has 4 nitrogen and oxygen atoms in total. The van der Waals surface area contributed by atoms with Crippen LogP contribution in [0.25, 0.3) is 5.57 Å². The fourth-order valence-corrected chi connectivity index (χ4v) is 4.19. The lowest BCUT2D eigenvalue weighted by Crippen LogP contribution is -2.31. The minimum Gasteiger partial charge on any atom is -0.269 e. The Balaban J connectivity index is 1.67. The number of hydrogen-bond donors (Lipinski definition) is 0. The van der Waals surface area contributed by atoms with Crippen LogP contribution < -0.4 is 0 Å². The minimum absolute atomic E-state index is 0.144. The van der Waals surface area contributed by atoms with E-state index in [1.165, 1.54) is 40.9 Å². The maximum Gasteiger partial charge on any atom is 0.268 e. The lowest BCUT2D eigenvalue weighted by atomic mass is 10.1. The Hall–Kier alpha value is -3.25. The molecule has 0 radical (unpaired) electrons. The topological polar surface area (TPSA) is 50.3 Å². The number of amides is 2. The van der Waals surface area contributed by atoms with Crippen LogP contribution in [0.2, 0.25) is 0 Å². The molecule has 144 valence electrons. The van der Waals surface area contributed by atoms with E-state index >= 15 is 0 Å². The lowest BCUT2D eigenvalue weighted by Gasteiger charge is -2.15. The molecule has 1 aliphatic heterocycles. The molecule has 6 heteroatoms. The number of carbonyl (C=O) groups is 2. The molecule has 2 amide bonds. The molecule has 1 aliphatic rings. The van der Waals surface area contributed by atoms with Crippen molar-refractivity contribution in [3.63, 3.8) is 0 Å². The summed E-state index contributed by atoms with van der Waals surface area (Å²) in [6.45, 7) is 0.144. The van der Waals surface area contributed by atoms with Crippen molar-refractivity contribution in [3.05, 3.63) is 107 Å². The fourth-order valence-electron chi connectivity index (χ4n) is 3.11. The molecule has 0 saturated heterocycles. The summed E-state index contributed by atoms with van der Waals surface area (Å²) in [6.07, 6.45) is 3.27. The first-order chi connectivity index (χ1) is 14.1. The second kappa shape index (κ2) is 8.41. The summed E-state index contributed by atoms with van der Waals surface area (Å²) in [5, 5.41) is 0. The van der Waals surface area contributed by atoms with E-state index in [4.69, 9.17) is 0 Å². The molecule has 0 saturated carbocycles. The predicted octanol–water partition coefficient (Wildman–Crippen LogP) is 4.43. The smallest absolute Gasteiger partial charge is 0.268 e. The standard InChI is InChI=1S/C23H17FN2O2S/c24-19-10-8-18(9-11-19)20-21(29-15-16-5-2-1-3-6-16)23(28)26(22(20)27)14-17-7-4-12-25-13-17/h1-13H,14-15H2. The molecule has 0 N–H and O–H groups in total. The zero-order valence-corrected chi connectivity index (χ0v) is 16.2. The summed E-state index contributed by atoms with van der Waals surface area (Å²) in [5.41, 5.74) is 2.67. The van der Waals surface area contributed by atoms with Gasteiger partial charge in [0, 0.05) is 18.1 Å². The van der Waals surface area contributed by atoms with E-state index in [2.05, 4.69) is 4.98 Å². The summed E-state index contributed by atoms with van der Waals surface area (Å²) in [4.78, 5) is 31.9. The number of rotatable bonds is 6. The fraction of sp³-hybridized carbons (Fsp3) is 0.0870. The van der Waals surface area contributed by atoms with E-state index in [0.717, 1.165) is 11.1 Å². The van der Waals surface area contributed by atoms with Gasteiger partial charge in [0.15, 0.2) is 0 Å². The van der Waals surface area contributed by atoms with Crippen LogP contribution in [0.5, 0.6) is 0 Å². The quantitative estimate of drug-likeness (QED) is 0.570. The summed E-state index contributed by atoms with van der Waals surface area (Å²) in [7, 11) is 0. The van der Waals surface area contributed by atoms with Crippen LogP contribution in [0.15, 0.2) is 84.0 Å². The molecule has 0 bridgehead atoms. The summed E-state index contributed by atoms with van der Waals surface area (Å²) in [6, 6.07) is 19.0. The Morgan fingerprint density at radius 2 is 1.59 bits per heavy atom. The highest BCUT2D eigenvalue weighted by atomic mass is 32.2. The molecule has 0 unspecified atom stereocenters. The normalized spacial score (nSPS) is 14.0. The van der Waals surface area contributed by atoms with E-state index in [0.29, 0.717) is 21.8 Å². The van der Waals surface area contributed by atoms with Crippen molar-refractivity contribution < 1.29 is 14.0 Å². The van der Waals surface area contributed by atoms with Gasteiger partial charge in [-0.15, -0.1) is 11.8 Å². The maximum absolute atomic E-state index is 13.4. The molecule has 1 aromatic heterocycles. The van der Waals surface area contributed by atoms with Crippen LogP contribution in [0.1, 0.15) is 16.7 Å². The largest absolute Gasteiger partial charge is 0.269 e. The molecule has 0 aliphatic carbocycles. The second-order valence-corrected chi connectivity index (χ2v) is 7.53. The number of aromatic nitrogens is 1. The third-order valence-electron chi connectivity index (χ3n) is 4.55. The van der Waals surface area contributed by atoms with E-state index in [1.807, 2.05) is 36.4 Å². The third-order valence-corrected chi connectivity index (χ3v) is 5.69. The van der Waals surface area contributed by atoms with Crippen LogP contribution in [0.4, 0.5) is 4.39 Å². The molecular formula is C23H17FN2O2S. The van der Waals surface area contributed by atoms with Gasteiger partial charge in [-0.2, -0.15) is 0 Å². The monoisotopic (exact) mass is 404 g/mol. The van der Waals surface area contributed by atoms with Crippen LogP contribution in [-0.4, -0.2) is 21.7 Å². The maximum atomic E-state index is 13.4. The highest BCUT2D eigenvalue weighted by molar-refractivity contribution is 8.03. The summed E-state index contributed by atoms with van der Waals surface area (Å²) in [5.74, 6) is -0.544. The molecule has 0 fully saturated rings. The van der Waals surface area contributed by atoms with E-state index in [-0.39, 0.29) is 18.4 Å². The van der Waals surface area contributed by atoms with Gasteiger partial charge >= 0.3 is 0 Å². The molecule has 4 rings (SSSR count). The number of halogens is 1. The minimum atomic E-state index is -0.392. The number of imide groups is 1. The van der Waals surface area contributed by atoms with Gasteiger partial charge in [0.2, 0.25) is 0 Å². The van der Waals surface area contributed by atoms with Crippen molar-refractivity contribution in [3.8, 4) is 0 Å². The molecule has 29 heavy (non-hydrogen) atoms. The zero-order chi connectivity index (χ0) is 20.2. The molecule has 0 atom stereocenters. The summed E-state index contributed by atoms with van der Waals surface area (Å²) < 4.78 is 13.4. The SMILES string of the molecule is O=C1C(SCc2ccccc2)=C(c2ccc(F)cc2)C(=O)N1Cc1cccnc1. The Bertz CT molecular complexity index is 1070. The van der Waals surface area contributed by atoms with E-state index in [1.54, 1.807) is 18.5 Å². The third kappa shape index (κ3) is 4.12. The van der Waals surface area contributed by atoms with Gasteiger partial charge in [-0.05, 0) is 34.9 Å². The van der Waals surface area contributed by atoms with Crippen molar-refractivity contribution >= 4 is 29.1 Å². The number of pyridine rings is 1. The molecular weight excluding hydrogens is 387 g/mol. The van der Waals surface area contributed by atoms with E-state index < -0.39 is 5.82 Å². The van der Waals surface area contributed by atoms with Gasteiger partial charge < -0.3 is 0 Å². The average Bonchev–Trinajstić information content (AvgIpc) is 2.98. The van der Waals surface area contributed by atoms with Gasteiger partial charge in [0.25, 0.3) is 11.8 Å². The van der Waals surface area contributed by atoms with Crippen molar-refractivity contribution in [2.24, 2.45) is 0 Å². The Morgan fingerprint density at radius 3 is 2.28 bits per heavy atom. The van der Waals surface area contributed by atoms with Gasteiger partial charge in [-0.1, -0.05) is 48.5 Å². The van der Waals surface area contributed by atoms with Gasteiger partial charge in [-0.3, -0.25) is 19.5 Å². The number of nitrogens with zero attached hydrogens (tertiary/aromatic N) is 2. The van der Waals surface area contributed by atoms with Crippen LogP contribution >= 0.6 is 11.8 Å². The van der Waals surface area contributed by atoms with E-state index in [9.17, 15) is 14.0 Å². The molecule has 2 aromatic carbocycles. The Labute approximate surface area is 172 Å². The zero-order valence-electron chi connectivity index (χ0n) is 15.4. The van der Waals surface area contributed by atoms with Gasteiger partial charge in [-0.25, -0.2) is 4.39 Å². The number of benzene rings is 2. The first kappa shape index (κ1) is 19.1. The van der Waals surface area contributed by atoms with Crippen LogP contribution in [0.3, 0.4) is 0 Å². The average molecular weight is 404 g/mol. The molecule has 2 heterocycles.